The Morgan fingerprint density at radius 1 is 1.41 bits per heavy atom. The smallest absolute Gasteiger partial charge is 0.247 e. The van der Waals surface area contributed by atoms with E-state index in [1.807, 2.05) is 19.1 Å². The zero-order valence-corrected chi connectivity index (χ0v) is 10.4. The fourth-order valence-corrected chi connectivity index (χ4v) is 2.29. The molecule has 1 saturated heterocycles. The molecule has 0 radical (unpaired) electrons. The van der Waals surface area contributed by atoms with Crippen molar-refractivity contribution in [1.29, 1.82) is 0 Å². The number of hydrogen-bond donors (Lipinski definition) is 1. The van der Waals surface area contributed by atoms with Crippen LogP contribution < -0.4 is 10.2 Å². The Balaban J connectivity index is 2.50. The van der Waals surface area contributed by atoms with E-state index in [1.54, 1.807) is 13.0 Å². The van der Waals surface area contributed by atoms with E-state index in [4.69, 9.17) is 11.6 Å². The Kier molecular flexibility index (Phi) is 3.07. The number of aryl methyl sites for hydroxylation is 1. The Morgan fingerprint density at radius 2 is 2.12 bits per heavy atom. The molecule has 2 amide bonds. The van der Waals surface area contributed by atoms with Crippen molar-refractivity contribution in [1.82, 2.24) is 5.32 Å². The van der Waals surface area contributed by atoms with Crippen molar-refractivity contribution in [2.75, 3.05) is 11.4 Å². The number of nitrogens with zero attached hydrogens (tertiary/aromatic N) is 1. The van der Waals surface area contributed by atoms with E-state index in [1.165, 1.54) is 4.90 Å². The van der Waals surface area contributed by atoms with Crippen LogP contribution in [0.3, 0.4) is 0 Å². The summed E-state index contributed by atoms with van der Waals surface area (Å²) in [6.07, 6.45) is 0. The van der Waals surface area contributed by atoms with Crippen LogP contribution in [0.4, 0.5) is 5.69 Å². The third kappa shape index (κ3) is 2.00. The van der Waals surface area contributed by atoms with E-state index in [2.05, 4.69) is 5.32 Å². The molecule has 1 N–H and O–H groups in total. The molecule has 1 aliphatic heterocycles. The number of carbonyl (C=O) groups excluding carboxylic acids is 2. The number of rotatable bonds is 1. The second-order valence-corrected chi connectivity index (χ2v) is 4.47. The van der Waals surface area contributed by atoms with Gasteiger partial charge in [0, 0.05) is 0 Å². The number of para-hydroxylation sites is 1. The van der Waals surface area contributed by atoms with Crippen molar-refractivity contribution in [2.45, 2.75) is 19.9 Å². The van der Waals surface area contributed by atoms with E-state index >= 15 is 0 Å². The van der Waals surface area contributed by atoms with Crippen LogP contribution in [0.25, 0.3) is 0 Å². The molecule has 0 saturated carbocycles. The minimum atomic E-state index is -0.533. The first-order valence-corrected chi connectivity index (χ1v) is 5.75. The van der Waals surface area contributed by atoms with Gasteiger partial charge in [0.05, 0.1) is 17.3 Å². The van der Waals surface area contributed by atoms with Gasteiger partial charge in [0.1, 0.15) is 6.04 Å². The monoisotopic (exact) mass is 252 g/mol. The van der Waals surface area contributed by atoms with Crippen molar-refractivity contribution >= 4 is 29.1 Å². The molecule has 1 heterocycles. The molecule has 1 aromatic carbocycles. The minimum absolute atomic E-state index is 0.0217. The number of benzene rings is 1. The first-order chi connectivity index (χ1) is 8.02. The number of anilines is 1. The lowest BCUT2D eigenvalue weighted by Gasteiger charge is -2.34. The van der Waals surface area contributed by atoms with Crippen LogP contribution in [0.2, 0.25) is 5.02 Å². The molecule has 0 spiro atoms. The summed E-state index contributed by atoms with van der Waals surface area (Å²) in [5, 5.41) is 3.03. The molecule has 1 aromatic rings. The lowest BCUT2D eigenvalue weighted by Crippen LogP contribution is -2.57. The third-order valence-corrected chi connectivity index (χ3v) is 3.18. The third-order valence-electron chi connectivity index (χ3n) is 2.88. The molecule has 0 aliphatic carbocycles. The number of carbonyl (C=O) groups is 2. The van der Waals surface area contributed by atoms with Crippen LogP contribution in [0.5, 0.6) is 0 Å². The summed E-state index contributed by atoms with van der Waals surface area (Å²) >= 11 is 6.12. The molecule has 1 aliphatic rings. The predicted octanol–water partition coefficient (Wildman–Crippen LogP) is 1.50. The van der Waals surface area contributed by atoms with Gasteiger partial charge in [0.15, 0.2) is 0 Å². The molecule has 1 atom stereocenters. The van der Waals surface area contributed by atoms with Gasteiger partial charge in [-0.2, -0.15) is 0 Å². The zero-order chi connectivity index (χ0) is 12.6. The first-order valence-electron chi connectivity index (χ1n) is 5.37. The largest absolute Gasteiger partial charge is 0.345 e. The second kappa shape index (κ2) is 4.37. The molecule has 0 bridgehead atoms. The highest BCUT2D eigenvalue weighted by Gasteiger charge is 2.33. The highest BCUT2D eigenvalue weighted by molar-refractivity contribution is 6.34. The molecule has 90 valence electrons. The molecule has 0 aromatic heterocycles. The summed E-state index contributed by atoms with van der Waals surface area (Å²) < 4.78 is 0. The van der Waals surface area contributed by atoms with Gasteiger partial charge in [-0.3, -0.25) is 14.5 Å². The van der Waals surface area contributed by atoms with Crippen molar-refractivity contribution in [3.05, 3.63) is 28.8 Å². The zero-order valence-electron chi connectivity index (χ0n) is 9.66. The fourth-order valence-electron chi connectivity index (χ4n) is 1.98. The average molecular weight is 253 g/mol. The van der Waals surface area contributed by atoms with Crippen LogP contribution in [-0.4, -0.2) is 24.4 Å². The quantitative estimate of drug-likeness (QED) is 0.824. The molecule has 5 heteroatoms. The number of piperazine rings is 1. The van der Waals surface area contributed by atoms with Crippen molar-refractivity contribution in [3.8, 4) is 0 Å². The van der Waals surface area contributed by atoms with E-state index in [9.17, 15) is 9.59 Å². The maximum atomic E-state index is 11.9. The summed E-state index contributed by atoms with van der Waals surface area (Å²) in [5.74, 6) is -0.308. The van der Waals surface area contributed by atoms with Crippen molar-refractivity contribution < 1.29 is 9.59 Å². The van der Waals surface area contributed by atoms with E-state index in [0.717, 1.165) is 5.56 Å². The molecular weight excluding hydrogens is 240 g/mol. The van der Waals surface area contributed by atoms with Crippen LogP contribution in [0, 0.1) is 6.92 Å². The average Bonchev–Trinajstić information content (AvgIpc) is 2.28. The second-order valence-electron chi connectivity index (χ2n) is 4.06. The van der Waals surface area contributed by atoms with Gasteiger partial charge in [-0.15, -0.1) is 0 Å². The highest BCUT2D eigenvalue weighted by Crippen LogP contribution is 2.31. The summed E-state index contributed by atoms with van der Waals surface area (Å²) in [7, 11) is 0. The maximum absolute atomic E-state index is 11.9. The Morgan fingerprint density at radius 3 is 2.76 bits per heavy atom. The highest BCUT2D eigenvalue weighted by atomic mass is 35.5. The minimum Gasteiger partial charge on any atom is -0.345 e. The summed E-state index contributed by atoms with van der Waals surface area (Å²) in [4.78, 5) is 25.0. The SMILES string of the molecule is Cc1cccc(Cl)c1N1C(=O)CNC(=O)C1C. The summed E-state index contributed by atoms with van der Waals surface area (Å²) in [6, 6.07) is 4.87. The van der Waals surface area contributed by atoms with Gasteiger partial charge in [-0.05, 0) is 25.5 Å². The van der Waals surface area contributed by atoms with Gasteiger partial charge in [-0.1, -0.05) is 23.7 Å². The lowest BCUT2D eigenvalue weighted by molar-refractivity contribution is -0.130. The molecule has 1 unspecified atom stereocenters. The Bertz CT molecular complexity index is 467. The fraction of sp³-hybridized carbons (Fsp3) is 0.333. The van der Waals surface area contributed by atoms with Gasteiger partial charge in [-0.25, -0.2) is 0 Å². The molecule has 1 fully saturated rings. The molecule has 4 nitrogen and oxygen atoms in total. The first kappa shape index (κ1) is 11.9. The Hall–Kier alpha value is -1.55. The Labute approximate surface area is 105 Å². The van der Waals surface area contributed by atoms with Gasteiger partial charge < -0.3 is 5.32 Å². The van der Waals surface area contributed by atoms with E-state index in [0.29, 0.717) is 10.7 Å². The summed E-state index contributed by atoms with van der Waals surface area (Å²) in [5.41, 5.74) is 1.51. The number of nitrogens with one attached hydrogen (secondary N) is 1. The standard InChI is InChI=1S/C12H13ClN2O2/c1-7-4-3-5-9(13)11(7)15-8(2)12(17)14-6-10(15)16/h3-5,8H,6H2,1-2H3,(H,14,17). The summed E-state index contributed by atoms with van der Waals surface area (Å²) in [6.45, 7) is 3.58. The van der Waals surface area contributed by atoms with Crippen LogP contribution in [0.1, 0.15) is 12.5 Å². The van der Waals surface area contributed by atoms with Crippen LogP contribution in [0.15, 0.2) is 18.2 Å². The molecule has 17 heavy (non-hydrogen) atoms. The van der Waals surface area contributed by atoms with E-state index in [-0.39, 0.29) is 18.4 Å². The number of amides is 2. The lowest BCUT2D eigenvalue weighted by atomic mass is 10.1. The molecule has 2 rings (SSSR count). The predicted molar refractivity (Wildman–Crippen MR) is 66.1 cm³/mol. The molecular formula is C12H13ClN2O2. The van der Waals surface area contributed by atoms with Crippen molar-refractivity contribution in [2.24, 2.45) is 0 Å². The topological polar surface area (TPSA) is 49.4 Å². The van der Waals surface area contributed by atoms with Gasteiger partial charge >= 0.3 is 0 Å². The van der Waals surface area contributed by atoms with Gasteiger partial charge in [0.25, 0.3) is 0 Å². The van der Waals surface area contributed by atoms with Gasteiger partial charge in [0.2, 0.25) is 11.8 Å². The van der Waals surface area contributed by atoms with Crippen LogP contribution in [-0.2, 0) is 9.59 Å². The number of halogens is 1. The van der Waals surface area contributed by atoms with E-state index < -0.39 is 6.04 Å². The maximum Gasteiger partial charge on any atom is 0.247 e. The van der Waals surface area contributed by atoms with Crippen molar-refractivity contribution in [3.63, 3.8) is 0 Å². The normalized spacial score (nSPS) is 20.4. The van der Waals surface area contributed by atoms with Crippen LogP contribution >= 0.6 is 11.6 Å². The number of hydrogen-bond acceptors (Lipinski definition) is 2.